The molecule has 170 valence electrons. The van der Waals surface area contributed by atoms with Gasteiger partial charge in [0.15, 0.2) is 0 Å². The normalized spacial score (nSPS) is 11.7. The first-order valence-corrected chi connectivity index (χ1v) is 9.52. The van der Waals surface area contributed by atoms with Crippen LogP contribution in [-0.4, -0.2) is 123 Å². The van der Waals surface area contributed by atoms with E-state index in [1.807, 2.05) is 0 Å². The topological polar surface area (TPSA) is 214 Å². The van der Waals surface area contributed by atoms with Crippen LogP contribution in [0.2, 0.25) is 0 Å². The molecule has 0 aliphatic rings. The molecule has 0 aromatic heterocycles. The Balaban J connectivity index is 5.50. The largest absolute Gasteiger partial charge is 0.480 e. The molecule has 30 heavy (non-hydrogen) atoms. The van der Waals surface area contributed by atoms with E-state index in [-0.39, 0.29) is 24.3 Å². The second kappa shape index (κ2) is 14.2. The summed E-state index contributed by atoms with van der Waals surface area (Å²) < 4.78 is 0. The number of halogens is 1. The van der Waals surface area contributed by atoms with Gasteiger partial charge >= 0.3 is 23.9 Å². The average molecular weight is 499 g/mol. The lowest BCUT2D eigenvalue weighted by Gasteiger charge is -2.31. The highest BCUT2D eigenvalue weighted by Crippen LogP contribution is 2.05. The smallest absolute Gasteiger partial charge is 0.317 e. The van der Waals surface area contributed by atoms with Crippen molar-refractivity contribution in [1.29, 1.82) is 0 Å². The van der Waals surface area contributed by atoms with E-state index in [1.54, 1.807) is 0 Å². The van der Waals surface area contributed by atoms with Gasteiger partial charge in [-0.25, -0.2) is 0 Å². The van der Waals surface area contributed by atoms with Gasteiger partial charge in [0.25, 0.3) is 0 Å². The molecule has 1 atom stereocenters. The van der Waals surface area contributed by atoms with Gasteiger partial charge in [0, 0.05) is 19.6 Å². The molecule has 0 rings (SSSR count). The van der Waals surface area contributed by atoms with Crippen LogP contribution in [0.25, 0.3) is 0 Å². The maximum Gasteiger partial charge on any atom is 0.317 e. The van der Waals surface area contributed by atoms with Crippen LogP contribution in [-0.2, 0) is 28.8 Å². The third kappa shape index (κ3) is 12.6. The zero-order chi connectivity index (χ0) is 23.3. The number of carboxylic acids is 4. The second-order valence-corrected chi connectivity index (χ2v) is 6.50. The second-order valence-electron chi connectivity index (χ2n) is 5.94. The molecule has 0 fully saturated rings. The summed E-state index contributed by atoms with van der Waals surface area (Å²) in [6.07, 6.45) is 0. The van der Waals surface area contributed by atoms with Crippen molar-refractivity contribution in [3.05, 3.63) is 0 Å². The number of aliphatic carboxylic acids is 4. The van der Waals surface area contributed by atoms with Gasteiger partial charge < -0.3 is 31.1 Å². The first-order chi connectivity index (χ1) is 14.0. The van der Waals surface area contributed by atoms with Gasteiger partial charge in [-0.2, -0.15) is 0 Å². The Morgan fingerprint density at radius 3 is 1.57 bits per heavy atom. The molecule has 6 N–H and O–H groups in total. The molecule has 0 saturated carbocycles. The highest BCUT2D eigenvalue weighted by atomic mass is 79.9. The fourth-order valence-electron chi connectivity index (χ4n) is 2.35. The molecule has 0 radical (unpaired) electrons. The van der Waals surface area contributed by atoms with E-state index in [2.05, 4.69) is 26.6 Å². The van der Waals surface area contributed by atoms with E-state index in [0.29, 0.717) is 0 Å². The molecule has 0 aromatic carbocycles. The molecule has 0 aliphatic carbocycles. The number of hydrogen-bond acceptors (Lipinski definition) is 8. The number of rotatable bonds is 16. The van der Waals surface area contributed by atoms with Gasteiger partial charge in [-0.1, -0.05) is 15.9 Å². The number of carboxylic acid groups (broad SMARTS) is 4. The number of alkyl halides is 1. The lowest BCUT2D eigenvalue weighted by atomic mass is 10.2. The van der Waals surface area contributed by atoms with Crippen molar-refractivity contribution in [2.24, 2.45) is 0 Å². The number of nitrogens with zero attached hydrogens (tertiary/aromatic N) is 2. The summed E-state index contributed by atoms with van der Waals surface area (Å²) in [4.78, 5) is 69.6. The summed E-state index contributed by atoms with van der Waals surface area (Å²) in [5.41, 5.74) is 0. The standard InChI is InChI=1S/C15H23BrN4O10/c16-3-10(21)17-1-2-18-15(30)9(20(7-13(26)27)8-14(28)29)4-19(5-11(22)23)6-12(24)25/h9H,1-8H2,(H,17,21)(H,18,30)(H,22,23)(H,24,25)(H,26,27)(H,28,29). The van der Waals surface area contributed by atoms with E-state index < -0.39 is 68.6 Å². The van der Waals surface area contributed by atoms with Crippen molar-refractivity contribution in [1.82, 2.24) is 20.4 Å². The van der Waals surface area contributed by atoms with Crippen molar-refractivity contribution < 1.29 is 49.2 Å². The van der Waals surface area contributed by atoms with E-state index in [4.69, 9.17) is 20.4 Å². The zero-order valence-electron chi connectivity index (χ0n) is 15.7. The minimum absolute atomic E-state index is 0.0225. The molecule has 0 spiro atoms. The van der Waals surface area contributed by atoms with Crippen molar-refractivity contribution in [3.8, 4) is 0 Å². The summed E-state index contributed by atoms with van der Waals surface area (Å²) in [5.74, 6) is -6.88. The lowest BCUT2D eigenvalue weighted by Crippen LogP contribution is -2.56. The van der Waals surface area contributed by atoms with Crippen LogP contribution in [0.15, 0.2) is 0 Å². The SMILES string of the molecule is O=C(O)CN(CC(=O)O)CC(C(=O)NCCNC(=O)CBr)N(CC(=O)O)CC(=O)O. The van der Waals surface area contributed by atoms with Crippen molar-refractivity contribution in [2.75, 3.05) is 51.1 Å². The fourth-order valence-corrected chi connectivity index (χ4v) is 2.55. The predicted octanol–water partition coefficient (Wildman–Crippen LogP) is -3.08. The quantitative estimate of drug-likeness (QED) is 0.0922. The predicted molar refractivity (Wildman–Crippen MR) is 102 cm³/mol. The number of carbonyl (C=O) groups is 6. The van der Waals surface area contributed by atoms with Crippen LogP contribution >= 0.6 is 15.9 Å². The molecule has 1 unspecified atom stereocenters. The average Bonchev–Trinajstić information content (AvgIpc) is 2.60. The summed E-state index contributed by atoms with van der Waals surface area (Å²) in [5, 5.41) is 40.8. The van der Waals surface area contributed by atoms with Crippen molar-refractivity contribution in [2.45, 2.75) is 6.04 Å². The molecule has 0 heterocycles. The highest BCUT2D eigenvalue weighted by molar-refractivity contribution is 9.09. The lowest BCUT2D eigenvalue weighted by molar-refractivity contribution is -0.148. The molecule has 0 bridgehead atoms. The Morgan fingerprint density at radius 2 is 1.17 bits per heavy atom. The van der Waals surface area contributed by atoms with Crippen LogP contribution in [0, 0.1) is 0 Å². The molecule has 0 aromatic rings. The molecular weight excluding hydrogens is 476 g/mol. The van der Waals surface area contributed by atoms with Gasteiger partial charge in [0.05, 0.1) is 31.5 Å². The van der Waals surface area contributed by atoms with Crippen molar-refractivity contribution in [3.63, 3.8) is 0 Å². The van der Waals surface area contributed by atoms with Crippen LogP contribution in [0.4, 0.5) is 0 Å². The van der Waals surface area contributed by atoms with Crippen LogP contribution in [0.5, 0.6) is 0 Å². The zero-order valence-corrected chi connectivity index (χ0v) is 17.3. The minimum atomic E-state index is -1.48. The summed E-state index contributed by atoms with van der Waals surface area (Å²) in [7, 11) is 0. The third-order valence-electron chi connectivity index (χ3n) is 3.44. The maximum absolute atomic E-state index is 12.6. The first-order valence-electron chi connectivity index (χ1n) is 8.40. The van der Waals surface area contributed by atoms with E-state index in [0.717, 1.165) is 9.80 Å². The van der Waals surface area contributed by atoms with Crippen LogP contribution in [0.3, 0.4) is 0 Å². The Hall–Kier alpha value is -2.78. The van der Waals surface area contributed by atoms with Crippen LogP contribution < -0.4 is 10.6 Å². The summed E-state index contributed by atoms with van der Waals surface area (Å²) >= 11 is 2.93. The fraction of sp³-hybridized carbons (Fsp3) is 0.600. The molecule has 15 heteroatoms. The Morgan fingerprint density at radius 1 is 0.733 bits per heavy atom. The minimum Gasteiger partial charge on any atom is -0.480 e. The summed E-state index contributed by atoms with van der Waals surface area (Å²) in [6.45, 7) is -3.89. The Bertz CT molecular complexity index is 627. The maximum atomic E-state index is 12.6. The van der Waals surface area contributed by atoms with Crippen molar-refractivity contribution >= 4 is 51.6 Å². The monoisotopic (exact) mass is 498 g/mol. The molecule has 0 saturated heterocycles. The molecule has 2 amide bonds. The van der Waals surface area contributed by atoms with E-state index in [9.17, 15) is 28.8 Å². The highest BCUT2D eigenvalue weighted by Gasteiger charge is 2.32. The first kappa shape index (κ1) is 27.2. The number of hydrogen-bond donors (Lipinski definition) is 6. The Kier molecular flexibility index (Phi) is 12.9. The third-order valence-corrected chi connectivity index (χ3v) is 3.95. The Labute approximate surface area is 178 Å². The molecule has 14 nitrogen and oxygen atoms in total. The van der Waals surface area contributed by atoms with Gasteiger partial charge in [0.2, 0.25) is 11.8 Å². The van der Waals surface area contributed by atoms with Gasteiger partial charge in [0.1, 0.15) is 6.04 Å². The van der Waals surface area contributed by atoms with Gasteiger partial charge in [-0.15, -0.1) is 0 Å². The van der Waals surface area contributed by atoms with Gasteiger partial charge in [-0.3, -0.25) is 38.6 Å². The van der Waals surface area contributed by atoms with Gasteiger partial charge in [-0.05, 0) is 0 Å². The number of carbonyl (C=O) groups excluding carboxylic acids is 2. The number of nitrogens with one attached hydrogen (secondary N) is 2. The van der Waals surface area contributed by atoms with Crippen LogP contribution in [0.1, 0.15) is 0 Å². The summed E-state index contributed by atoms with van der Waals surface area (Å²) in [6, 6.07) is -1.48. The molecule has 0 aliphatic heterocycles. The molecular formula is C15H23BrN4O10. The number of amides is 2. The van der Waals surface area contributed by atoms with E-state index >= 15 is 0 Å². The van der Waals surface area contributed by atoms with E-state index in [1.165, 1.54) is 0 Å².